The highest BCUT2D eigenvalue weighted by molar-refractivity contribution is 7.99. The number of anilines is 1. The molecule has 0 bridgehead atoms. The molecule has 0 saturated heterocycles. The molecule has 0 saturated carbocycles. The number of hydrogen-bond donors (Lipinski definition) is 3. The molecule has 1 unspecified atom stereocenters. The molecule has 50 heavy (non-hydrogen) atoms. The van der Waals surface area contributed by atoms with Crippen molar-refractivity contribution in [2.75, 3.05) is 54.9 Å². The lowest BCUT2D eigenvalue weighted by Gasteiger charge is -2.28. The molecule has 1 aliphatic carbocycles. The lowest BCUT2D eigenvalue weighted by molar-refractivity contribution is -0.437. The number of allylic oxidation sites excluding steroid dienone is 7. The molecular weight excluding hydrogens is 691 g/mol. The average Bonchev–Trinajstić information content (AvgIpc) is 3.44. The van der Waals surface area contributed by atoms with Gasteiger partial charge in [0.15, 0.2) is 5.71 Å². The van der Waals surface area contributed by atoms with Crippen LogP contribution >= 0.6 is 47.9 Å². The number of nitrogens with one attached hydrogen (secondary N) is 1. The van der Waals surface area contributed by atoms with Gasteiger partial charge in [0.05, 0.1) is 12.0 Å². The summed E-state index contributed by atoms with van der Waals surface area (Å²) in [6, 6.07) is 13.6. The number of hydrogen-bond acceptors (Lipinski definition) is 7. The molecular formula is C42H58N3OS4+. The van der Waals surface area contributed by atoms with Crippen molar-refractivity contribution in [2.45, 2.75) is 93.4 Å². The minimum Gasteiger partial charge on any atom is -0.394 e. The normalized spacial score (nSPS) is 20.4. The van der Waals surface area contributed by atoms with Crippen molar-refractivity contribution in [2.24, 2.45) is 0 Å². The lowest BCUT2D eigenvalue weighted by Crippen LogP contribution is -2.31. The van der Waals surface area contributed by atoms with Crippen LogP contribution in [0.25, 0.3) is 0 Å². The van der Waals surface area contributed by atoms with E-state index in [4.69, 9.17) is 12.6 Å². The Morgan fingerprint density at radius 3 is 2.42 bits per heavy atom. The Labute approximate surface area is 320 Å². The van der Waals surface area contributed by atoms with Gasteiger partial charge in [0.2, 0.25) is 5.69 Å². The fourth-order valence-corrected chi connectivity index (χ4v) is 9.24. The molecule has 2 heterocycles. The van der Waals surface area contributed by atoms with Crippen molar-refractivity contribution in [3.63, 3.8) is 0 Å². The largest absolute Gasteiger partial charge is 0.394 e. The van der Waals surface area contributed by atoms with Gasteiger partial charge in [0.1, 0.15) is 6.54 Å². The van der Waals surface area contributed by atoms with Crippen molar-refractivity contribution in [1.82, 2.24) is 5.32 Å². The summed E-state index contributed by atoms with van der Waals surface area (Å²) in [5.41, 5.74) is 11.7. The quantitative estimate of drug-likeness (QED) is 0.0729. The van der Waals surface area contributed by atoms with Crippen LogP contribution in [0, 0.1) is 0 Å². The standard InChI is InChI=1S/C42H57N3OS4/c1-29(28-46)43-40-30(14-20-38-41(2,3)34-26-32(47)16-18-36(34)44(38)22-10-24-48-6)12-9-13-31(40)15-21-39-42(4,5)35-27-33(50-8)17-19-37(35)45(39)23-11-25-49-7/h14-21,26-27,29,46-47H,9-13,22-25,28H2,1-8H3/p+1/b30-14+,38-20-. The fraction of sp³-hybridized carbons (Fsp3) is 0.500. The van der Waals surface area contributed by atoms with Gasteiger partial charge in [-0.25, -0.2) is 0 Å². The zero-order chi connectivity index (χ0) is 36.1. The van der Waals surface area contributed by atoms with Crippen LogP contribution in [0.15, 0.2) is 93.0 Å². The summed E-state index contributed by atoms with van der Waals surface area (Å²) in [4.78, 5) is 4.87. The molecule has 0 radical (unpaired) electrons. The van der Waals surface area contributed by atoms with E-state index < -0.39 is 0 Å². The highest BCUT2D eigenvalue weighted by Gasteiger charge is 2.44. The van der Waals surface area contributed by atoms with E-state index >= 15 is 0 Å². The van der Waals surface area contributed by atoms with Gasteiger partial charge < -0.3 is 15.3 Å². The zero-order valence-corrected chi connectivity index (χ0v) is 34.8. The number of fused-ring (bicyclic) bond motifs is 2. The summed E-state index contributed by atoms with van der Waals surface area (Å²) < 4.78 is 2.57. The predicted octanol–water partition coefficient (Wildman–Crippen LogP) is 10.2. The van der Waals surface area contributed by atoms with E-state index in [2.05, 4.69) is 129 Å². The molecule has 4 nitrogen and oxygen atoms in total. The second-order valence-electron chi connectivity index (χ2n) is 14.8. The van der Waals surface area contributed by atoms with Crippen molar-refractivity contribution in [1.29, 1.82) is 0 Å². The molecule has 0 aromatic heterocycles. The van der Waals surface area contributed by atoms with E-state index in [1.165, 1.54) is 55.6 Å². The number of thiol groups is 1. The Hall–Kier alpha value is -1.97. The number of thioether (sulfide) groups is 3. The van der Waals surface area contributed by atoms with Crippen LogP contribution in [0.2, 0.25) is 0 Å². The van der Waals surface area contributed by atoms with E-state index in [9.17, 15) is 5.11 Å². The minimum atomic E-state index is -0.132. The van der Waals surface area contributed by atoms with E-state index in [0.29, 0.717) is 0 Å². The van der Waals surface area contributed by atoms with Gasteiger partial charge in [-0.1, -0.05) is 26.0 Å². The van der Waals surface area contributed by atoms with Crippen molar-refractivity contribution in [3.8, 4) is 0 Å². The molecule has 0 spiro atoms. The highest BCUT2D eigenvalue weighted by Crippen LogP contribution is 2.49. The molecule has 0 fully saturated rings. The van der Waals surface area contributed by atoms with Crippen LogP contribution in [0.3, 0.4) is 0 Å². The van der Waals surface area contributed by atoms with Crippen LogP contribution < -0.4 is 10.2 Å². The number of aliphatic hydroxyl groups is 1. The van der Waals surface area contributed by atoms with Gasteiger partial charge in [0, 0.05) is 69.0 Å². The Bertz CT molecular complexity index is 1700. The lowest BCUT2D eigenvalue weighted by atomic mass is 9.81. The molecule has 1 atom stereocenters. The van der Waals surface area contributed by atoms with Crippen molar-refractivity contribution in [3.05, 3.63) is 94.4 Å². The average molecular weight is 749 g/mol. The van der Waals surface area contributed by atoms with Crippen molar-refractivity contribution < 1.29 is 9.68 Å². The molecule has 3 aliphatic rings. The van der Waals surface area contributed by atoms with Crippen molar-refractivity contribution >= 4 is 65.0 Å². The smallest absolute Gasteiger partial charge is 0.209 e. The van der Waals surface area contributed by atoms with E-state index in [1.54, 1.807) is 0 Å². The first kappa shape index (κ1) is 39.2. The molecule has 5 rings (SSSR count). The van der Waals surface area contributed by atoms with Gasteiger partial charge in [-0.2, -0.15) is 28.1 Å². The van der Waals surface area contributed by atoms with Crippen LogP contribution in [-0.4, -0.2) is 71.4 Å². The third kappa shape index (κ3) is 8.30. The summed E-state index contributed by atoms with van der Waals surface area (Å²) in [6.45, 7) is 13.6. The van der Waals surface area contributed by atoms with Gasteiger partial charge in [-0.3, -0.25) is 0 Å². The maximum absolute atomic E-state index is 10.2. The van der Waals surface area contributed by atoms with Crippen LogP contribution in [0.4, 0.5) is 11.4 Å². The van der Waals surface area contributed by atoms with E-state index in [0.717, 1.165) is 61.6 Å². The summed E-state index contributed by atoms with van der Waals surface area (Å²) in [5, 5.41) is 13.9. The third-order valence-corrected chi connectivity index (χ3v) is 12.9. The third-order valence-electron chi connectivity index (χ3n) is 10.5. The number of nitrogens with zero attached hydrogens (tertiary/aromatic N) is 2. The maximum atomic E-state index is 10.2. The van der Waals surface area contributed by atoms with Crippen LogP contribution in [0.1, 0.15) is 77.8 Å². The Morgan fingerprint density at radius 1 is 0.940 bits per heavy atom. The minimum absolute atomic E-state index is 0.0422. The first-order valence-corrected chi connectivity index (χ1v) is 22.6. The first-order valence-electron chi connectivity index (χ1n) is 18.1. The van der Waals surface area contributed by atoms with Gasteiger partial charge >= 0.3 is 0 Å². The Morgan fingerprint density at radius 2 is 1.70 bits per heavy atom. The molecule has 270 valence electrons. The SMILES string of the molecule is CSCCCN1/C(=C\C=C2/CCCC(/C=C/C3=[N+](CCCSC)c4ccc(SC)cc4C3(C)C)=C2NC(C)CO)C(C)(C)c2cc(S)ccc21. The van der Waals surface area contributed by atoms with Gasteiger partial charge in [-0.05, 0) is 130 Å². The van der Waals surface area contributed by atoms with E-state index in [-0.39, 0.29) is 23.5 Å². The first-order chi connectivity index (χ1) is 24.0. The van der Waals surface area contributed by atoms with Crippen LogP contribution in [0.5, 0.6) is 0 Å². The topological polar surface area (TPSA) is 38.5 Å². The van der Waals surface area contributed by atoms with Crippen LogP contribution in [-0.2, 0) is 10.8 Å². The Balaban J connectivity index is 1.57. The Kier molecular flexibility index (Phi) is 13.5. The number of rotatable bonds is 15. The maximum Gasteiger partial charge on any atom is 0.209 e. The zero-order valence-electron chi connectivity index (χ0n) is 31.4. The monoisotopic (exact) mass is 748 g/mol. The molecule has 2 aromatic carbocycles. The molecule has 2 aliphatic heterocycles. The summed E-state index contributed by atoms with van der Waals surface area (Å²) >= 11 is 10.4. The molecule has 2 aromatic rings. The number of aliphatic hydroxyl groups excluding tert-OH is 1. The molecule has 0 amide bonds. The van der Waals surface area contributed by atoms with Gasteiger partial charge in [0.25, 0.3) is 0 Å². The van der Waals surface area contributed by atoms with E-state index in [1.807, 2.05) is 35.3 Å². The summed E-state index contributed by atoms with van der Waals surface area (Å²) in [5.74, 6) is 2.30. The summed E-state index contributed by atoms with van der Waals surface area (Å²) in [7, 11) is 0. The second-order valence-corrected chi connectivity index (χ2v) is 18.1. The highest BCUT2D eigenvalue weighted by atomic mass is 32.2. The summed E-state index contributed by atoms with van der Waals surface area (Å²) in [6.07, 6.45) is 21.5. The fourth-order valence-electron chi connectivity index (χ4n) is 7.76. The molecule has 8 heteroatoms. The second kappa shape index (κ2) is 17.2. The predicted molar refractivity (Wildman–Crippen MR) is 227 cm³/mol. The molecule has 2 N–H and O–H groups in total. The van der Waals surface area contributed by atoms with Gasteiger partial charge in [-0.15, -0.1) is 24.4 Å². The number of benzene rings is 2.